The molecule has 1 aromatic heterocycles. The summed E-state index contributed by atoms with van der Waals surface area (Å²) in [5.74, 6) is 0.552. The Balaban J connectivity index is 1.55. The summed E-state index contributed by atoms with van der Waals surface area (Å²) in [5, 5.41) is 8.29. The van der Waals surface area contributed by atoms with E-state index in [0.717, 1.165) is 4.90 Å². The number of methoxy groups -OCH3 is 3. The van der Waals surface area contributed by atoms with Crippen LogP contribution in [0.25, 0.3) is 6.08 Å². The van der Waals surface area contributed by atoms with Gasteiger partial charge in [0.25, 0.3) is 11.8 Å². The van der Waals surface area contributed by atoms with Gasteiger partial charge >= 0.3 is 0 Å². The van der Waals surface area contributed by atoms with E-state index in [0.29, 0.717) is 39.9 Å². The SMILES string of the molecule is COc1cc(/C=C(/NC(=O)c2ccccc2)C(=O)Nc2cccc(SCC(=O)Nc3ccccn3)c2)cc(OC)c1OC. The van der Waals surface area contributed by atoms with E-state index in [2.05, 4.69) is 20.9 Å². The summed E-state index contributed by atoms with van der Waals surface area (Å²) in [7, 11) is 4.47. The smallest absolute Gasteiger partial charge is 0.272 e. The van der Waals surface area contributed by atoms with Crippen molar-refractivity contribution >= 4 is 47.1 Å². The van der Waals surface area contributed by atoms with E-state index in [1.54, 1.807) is 85.1 Å². The van der Waals surface area contributed by atoms with Crippen LogP contribution in [0.5, 0.6) is 17.2 Å². The van der Waals surface area contributed by atoms with Gasteiger partial charge in [0.2, 0.25) is 11.7 Å². The van der Waals surface area contributed by atoms with Crippen LogP contribution in [-0.2, 0) is 9.59 Å². The molecule has 0 spiro atoms. The summed E-state index contributed by atoms with van der Waals surface area (Å²) in [6.45, 7) is 0. The zero-order valence-corrected chi connectivity index (χ0v) is 24.6. The van der Waals surface area contributed by atoms with Crippen molar-refractivity contribution in [2.24, 2.45) is 0 Å². The lowest BCUT2D eigenvalue weighted by molar-refractivity contribution is -0.114. The highest BCUT2D eigenvalue weighted by Gasteiger charge is 2.18. The van der Waals surface area contributed by atoms with E-state index in [1.165, 1.54) is 39.2 Å². The first kappa shape index (κ1) is 30.7. The number of pyridine rings is 1. The molecule has 0 bridgehead atoms. The molecule has 0 aliphatic carbocycles. The van der Waals surface area contributed by atoms with Crippen molar-refractivity contribution < 1.29 is 28.6 Å². The van der Waals surface area contributed by atoms with E-state index >= 15 is 0 Å². The molecule has 11 heteroatoms. The van der Waals surface area contributed by atoms with Gasteiger partial charge in [-0.3, -0.25) is 14.4 Å². The van der Waals surface area contributed by atoms with Crippen LogP contribution in [0.15, 0.2) is 102 Å². The molecule has 0 unspecified atom stereocenters. The third-order valence-corrected chi connectivity index (χ3v) is 6.91. The fraction of sp³-hybridized carbons (Fsp3) is 0.125. The molecule has 3 aromatic carbocycles. The van der Waals surface area contributed by atoms with Crippen LogP contribution in [0.4, 0.5) is 11.5 Å². The highest BCUT2D eigenvalue weighted by Crippen LogP contribution is 2.38. The van der Waals surface area contributed by atoms with Gasteiger partial charge in [-0.1, -0.05) is 30.3 Å². The van der Waals surface area contributed by atoms with Crippen LogP contribution in [0.1, 0.15) is 15.9 Å². The number of ether oxygens (including phenoxy) is 3. The third kappa shape index (κ3) is 8.60. The Kier molecular flexibility index (Phi) is 10.8. The number of nitrogens with one attached hydrogen (secondary N) is 3. The Labute approximate surface area is 253 Å². The van der Waals surface area contributed by atoms with Gasteiger partial charge in [0.15, 0.2) is 11.5 Å². The highest BCUT2D eigenvalue weighted by atomic mass is 32.2. The molecule has 0 fully saturated rings. The second-order valence-electron chi connectivity index (χ2n) is 8.87. The fourth-order valence-corrected chi connectivity index (χ4v) is 4.68. The first-order valence-electron chi connectivity index (χ1n) is 13.0. The molecular weight excluding hydrogens is 568 g/mol. The minimum Gasteiger partial charge on any atom is -0.493 e. The highest BCUT2D eigenvalue weighted by molar-refractivity contribution is 8.00. The molecule has 43 heavy (non-hydrogen) atoms. The van der Waals surface area contributed by atoms with Crippen molar-refractivity contribution in [3.8, 4) is 17.2 Å². The molecule has 3 N–H and O–H groups in total. The number of amides is 3. The summed E-state index contributed by atoms with van der Waals surface area (Å²) >= 11 is 1.30. The molecule has 0 saturated heterocycles. The maximum absolute atomic E-state index is 13.5. The van der Waals surface area contributed by atoms with Crippen LogP contribution in [0.2, 0.25) is 0 Å². The Hall–Kier alpha value is -5.29. The quantitative estimate of drug-likeness (QED) is 0.149. The Morgan fingerprint density at radius 1 is 0.814 bits per heavy atom. The number of nitrogens with zero attached hydrogens (tertiary/aromatic N) is 1. The first-order valence-corrected chi connectivity index (χ1v) is 14.0. The predicted octanol–water partition coefficient (Wildman–Crippen LogP) is 5.25. The van der Waals surface area contributed by atoms with Gasteiger partial charge in [-0.25, -0.2) is 4.98 Å². The van der Waals surface area contributed by atoms with Gasteiger partial charge in [-0.15, -0.1) is 11.8 Å². The molecule has 0 aliphatic rings. The molecule has 0 aliphatic heterocycles. The number of carbonyl (C=O) groups excluding carboxylic acids is 3. The van der Waals surface area contributed by atoms with E-state index in [9.17, 15) is 14.4 Å². The molecular formula is C32H30N4O6S. The standard InChI is InChI=1S/C32H30N4O6S/c1-40-26-17-21(18-27(41-2)30(26)42-3)16-25(35-31(38)22-10-5-4-6-11-22)32(39)34-23-12-9-13-24(19-23)43-20-29(37)36-28-14-7-8-15-33-28/h4-19H,20H2,1-3H3,(H,34,39)(H,35,38)(H,33,36,37)/b25-16+. The summed E-state index contributed by atoms with van der Waals surface area (Å²) in [4.78, 5) is 43.8. The topological polar surface area (TPSA) is 128 Å². The number of aromatic nitrogens is 1. The van der Waals surface area contributed by atoms with Gasteiger partial charge in [0.05, 0.1) is 27.1 Å². The predicted molar refractivity (Wildman–Crippen MR) is 167 cm³/mol. The summed E-state index contributed by atoms with van der Waals surface area (Å²) in [6, 6.07) is 24.2. The van der Waals surface area contributed by atoms with Crippen molar-refractivity contribution in [3.05, 3.63) is 108 Å². The van der Waals surface area contributed by atoms with E-state index in [1.807, 2.05) is 6.07 Å². The number of hydrogen-bond acceptors (Lipinski definition) is 8. The lowest BCUT2D eigenvalue weighted by atomic mass is 10.1. The van der Waals surface area contributed by atoms with E-state index in [4.69, 9.17) is 14.2 Å². The normalized spacial score (nSPS) is 10.8. The van der Waals surface area contributed by atoms with E-state index in [-0.39, 0.29) is 17.4 Å². The van der Waals surface area contributed by atoms with Crippen molar-refractivity contribution in [1.29, 1.82) is 0 Å². The van der Waals surface area contributed by atoms with Gasteiger partial charge in [-0.2, -0.15) is 0 Å². The summed E-state index contributed by atoms with van der Waals surface area (Å²) in [6.07, 6.45) is 3.11. The van der Waals surface area contributed by atoms with Gasteiger partial charge < -0.3 is 30.2 Å². The molecule has 10 nitrogen and oxygen atoms in total. The number of thioether (sulfide) groups is 1. The first-order chi connectivity index (χ1) is 20.9. The molecule has 4 aromatic rings. The average molecular weight is 599 g/mol. The molecule has 220 valence electrons. The van der Waals surface area contributed by atoms with Crippen LogP contribution in [0, 0.1) is 0 Å². The molecule has 0 radical (unpaired) electrons. The van der Waals surface area contributed by atoms with Crippen LogP contribution in [0.3, 0.4) is 0 Å². The summed E-state index contributed by atoms with van der Waals surface area (Å²) in [5.41, 5.74) is 1.37. The Bertz CT molecular complexity index is 1590. The number of benzene rings is 3. The van der Waals surface area contributed by atoms with Crippen molar-refractivity contribution in [2.45, 2.75) is 4.90 Å². The number of carbonyl (C=O) groups is 3. The van der Waals surface area contributed by atoms with Crippen LogP contribution >= 0.6 is 11.8 Å². The summed E-state index contributed by atoms with van der Waals surface area (Å²) < 4.78 is 16.3. The molecule has 0 saturated carbocycles. The fourth-order valence-electron chi connectivity index (χ4n) is 3.92. The van der Waals surface area contributed by atoms with Crippen molar-refractivity contribution in [3.63, 3.8) is 0 Å². The minimum atomic E-state index is -0.562. The third-order valence-electron chi connectivity index (χ3n) is 5.92. The average Bonchev–Trinajstić information content (AvgIpc) is 3.04. The maximum atomic E-state index is 13.5. The van der Waals surface area contributed by atoms with Crippen LogP contribution < -0.4 is 30.2 Å². The molecule has 3 amide bonds. The largest absolute Gasteiger partial charge is 0.493 e. The number of rotatable bonds is 12. The van der Waals surface area contributed by atoms with Gasteiger partial charge in [-0.05, 0) is 66.2 Å². The lowest BCUT2D eigenvalue weighted by Gasteiger charge is -2.15. The lowest BCUT2D eigenvalue weighted by Crippen LogP contribution is -2.30. The molecule has 4 rings (SSSR count). The zero-order valence-electron chi connectivity index (χ0n) is 23.7. The number of anilines is 2. The molecule has 0 atom stereocenters. The minimum absolute atomic E-state index is 0.0177. The van der Waals surface area contributed by atoms with Crippen molar-refractivity contribution in [1.82, 2.24) is 10.3 Å². The van der Waals surface area contributed by atoms with E-state index < -0.39 is 11.8 Å². The zero-order chi connectivity index (χ0) is 30.6. The Morgan fingerprint density at radius 3 is 2.19 bits per heavy atom. The monoisotopic (exact) mass is 598 g/mol. The maximum Gasteiger partial charge on any atom is 0.272 e. The number of hydrogen-bond donors (Lipinski definition) is 3. The second kappa shape index (κ2) is 15.1. The molecule has 1 heterocycles. The van der Waals surface area contributed by atoms with Gasteiger partial charge in [0, 0.05) is 22.3 Å². The Morgan fingerprint density at radius 2 is 1.53 bits per heavy atom. The second-order valence-corrected chi connectivity index (χ2v) is 9.92. The van der Waals surface area contributed by atoms with Crippen LogP contribution in [-0.4, -0.2) is 49.8 Å². The van der Waals surface area contributed by atoms with Crippen molar-refractivity contribution in [2.75, 3.05) is 37.7 Å². The van der Waals surface area contributed by atoms with Gasteiger partial charge in [0.1, 0.15) is 11.5 Å².